The zero-order valence-electron chi connectivity index (χ0n) is 10.8. The van der Waals surface area contributed by atoms with Crippen molar-refractivity contribution in [3.8, 4) is 0 Å². The molecule has 1 atom stereocenters. The van der Waals surface area contributed by atoms with Gasteiger partial charge in [0, 0.05) is 28.6 Å². The summed E-state index contributed by atoms with van der Waals surface area (Å²) in [5.74, 6) is 0. The van der Waals surface area contributed by atoms with E-state index in [2.05, 4.69) is 32.2 Å². The minimum absolute atomic E-state index is 0.648. The summed E-state index contributed by atoms with van der Waals surface area (Å²) < 4.78 is 1.15. The number of halogens is 2. The number of piperidine rings is 1. The van der Waals surface area contributed by atoms with Gasteiger partial charge in [0.2, 0.25) is 0 Å². The van der Waals surface area contributed by atoms with Crippen molar-refractivity contribution < 1.29 is 0 Å². The highest BCUT2D eigenvalue weighted by Gasteiger charge is 2.22. The Kier molecular flexibility index (Phi) is 5.49. The number of rotatable bonds is 4. The first-order chi connectivity index (χ1) is 8.70. The van der Waals surface area contributed by atoms with Crippen molar-refractivity contribution in [1.82, 2.24) is 10.2 Å². The number of nitrogens with one attached hydrogen (secondary N) is 1. The predicted octanol–water partition coefficient (Wildman–Crippen LogP) is 3.68. The highest BCUT2D eigenvalue weighted by molar-refractivity contribution is 9.10. The molecule has 0 radical (unpaired) electrons. The van der Waals surface area contributed by atoms with E-state index in [1.807, 2.05) is 19.2 Å². The van der Waals surface area contributed by atoms with Gasteiger partial charge in [0.15, 0.2) is 0 Å². The van der Waals surface area contributed by atoms with E-state index in [0.717, 1.165) is 22.6 Å². The van der Waals surface area contributed by atoms with E-state index in [-0.39, 0.29) is 0 Å². The van der Waals surface area contributed by atoms with Gasteiger partial charge in [-0.25, -0.2) is 0 Å². The van der Waals surface area contributed by atoms with E-state index in [1.165, 1.54) is 31.4 Å². The standard InChI is InChI=1S/C14H20BrClN2/c1-17-9-13-4-2-3-7-18(13)10-11-8-12(16)5-6-14(11)15/h5-6,8,13,17H,2-4,7,9-10H2,1H3. The molecule has 1 aliphatic heterocycles. The van der Waals surface area contributed by atoms with Gasteiger partial charge < -0.3 is 5.32 Å². The van der Waals surface area contributed by atoms with Crippen LogP contribution in [0.25, 0.3) is 0 Å². The van der Waals surface area contributed by atoms with Gasteiger partial charge >= 0.3 is 0 Å². The summed E-state index contributed by atoms with van der Waals surface area (Å²) in [6, 6.07) is 6.68. The molecule has 2 rings (SSSR count). The van der Waals surface area contributed by atoms with Crippen LogP contribution in [0, 0.1) is 0 Å². The van der Waals surface area contributed by atoms with E-state index in [9.17, 15) is 0 Å². The number of hydrogen-bond donors (Lipinski definition) is 1. The molecule has 1 N–H and O–H groups in total. The van der Waals surface area contributed by atoms with Crippen molar-refractivity contribution in [2.45, 2.75) is 31.8 Å². The van der Waals surface area contributed by atoms with Crippen molar-refractivity contribution in [2.75, 3.05) is 20.1 Å². The van der Waals surface area contributed by atoms with E-state index in [4.69, 9.17) is 11.6 Å². The zero-order valence-corrected chi connectivity index (χ0v) is 13.1. The van der Waals surface area contributed by atoms with Crippen LogP contribution in [0.3, 0.4) is 0 Å². The third kappa shape index (κ3) is 3.70. The molecule has 100 valence electrons. The van der Waals surface area contributed by atoms with Crippen LogP contribution in [0.5, 0.6) is 0 Å². The molecule has 1 saturated heterocycles. The SMILES string of the molecule is CNCC1CCCCN1Cc1cc(Cl)ccc1Br. The second kappa shape index (κ2) is 6.90. The maximum Gasteiger partial charge on any atom is 0.0410 e. The Morgan fingerprint density at radius 1 is 1.44 bits per heavy atom. The fourth-order valence-corrected chi connectivity index (χ4v) is 3.18. The highest BCUT2D eigenvalue weighted by atomic mass is 79.9. The van der Waals surface area contributed by atoms with Crippen LogP contribution in [-0.2, 0) is 6.54 Å². The third-order valence-electron chi connectivity index (χ3n) is 3.57. The predicted molar refractivity (Wildman–Crippen MR) is 81.1 cm³/mol. The molecule has 2 nitrogen and oxygen atoms in total. The summed E-state index contributed by atoms with van der Waals surface area (Å²) in [6.07, 6.45) is 3.94. The molecule has 0 bridgehead atoms. The quantitative estimate of drug-likeness (QED) is 0.905. The Bertz CT molecular complexity index is 395. The first-order valence-corrected chi connectivity index (χ1v) is 7.70. The maximum absolute atomic E-state index is 6.08. The van der Waals surface area contributed by atoms with Gasteiger partial charge in [-0.3, -0.25) is 4.90 Å². The van der Waals surface area contributed by atoms with Crippen molar-refractivity contribution in [2.24, 2.45) is 0 Å². The molecule has 0 saturated carbocycles. The van der Waals surface area contributed by atoms with Crippen LogP contribution in [0.15, 0.2) is 22.7 Å². The van der Waals surface area contributed by atoms with E-state index in [0.29, 0.717) is 6.04 Å². The number of hydrogen-bond acceptors (Lipinski definition) is 2. The minimum atomic E-state index is 0.648. The summed E-state index contributed by atoms with van der Waals surface area (Å²) in [5.41, 5.74) is 1.28. The van der Waals surface area contributed by atoms with Crippen LogP contribution in [0.2, 0.25) is 5.02 Å². The lowest BCUT2D eigenvalue weighted by atomic mass is 10.0. The lowest BCUT2D eigenvalue weighted by Crippen LogP contribution is -2.44. The Balaban J connectivity index is 2.08. The summed E-state index contributed by atoms with van der Waals surface area (Å²) >= 11 is 9.70. The van der Waals surface area contributed by atoms with Crippen molar-refractivity contribution in [1.29, 1.82) is 0 Å². The fourth-order valence-electron chi connectivity index (χ4n) is 2.62. The second-order valence-electron chi connectivity index (χ2n) is 4.91. The molecular weight excluding hydrogens is 312 g/mol. The smallest absolute Gasteiger partial charge is 0.0410 e. The second-order valence-corrected chi connectivity index (χ2v) is 6.20. The molecule has 1 aliphatic rings. The first-order valence-electron chi connectivity index (χ1n) is 6.53. The third-order valence-corrected chi connectivity index (χ3v) is 4.58. The van der Waals surface area contributed by atoms with Crippen LogP contribution >= 0.6 is 27.5 Å². The largest absolute Gasteiger partial charge is 0.318 e. The first kappa shape index (κ1) is 14.3. The lowest BCUT2D eigenvalue weighted by Gasteiger charge is -2.36. The average molecular weight is 332 g/mol. The summed E-state index contributed by atoms with van der Waals surface area (Å²) in [4.78, 5) is 2.57. The minimum Gasteiger partial charge on any atom is -0.318 e. The summed E-state index contributed by atoms with van der Waals surface area (Å²) in [7, 11) is 2.03. The van der Waals surface area contributed by atoms with Crippen molar-refractivity contribution in [3.05, 3.63) is 33.3 Å². The number of benzene rings is 1. The molecule has 1 heterocycles. The van der Waals surface area contributed by atoms with E-state index in [1.54, 1.807) is 0 Å². The summed E-state index contributed by atoms with van der Waals surface area (Å²) in [6.45, 7) is 3.23. The highest BCUT2D eigenvalue weighted by Crippen LogP contribution is 2.25. The zero-order chi connectivity index (χ0) is 13.0. The molecule has 0 aliphatic carbocycles. The molecule has 1 aromatic rings. The molecule has 18 heavy (non-hydrogen) atoms. The summed E-state index contributed by atoms with van der Waals surface area (Å²) in [5, 5.41) is 4.11. The molecule has 0 aromatic heterocycles. The van der Waals surface area contributed by atoms with Gasteiger partial charge in [-0.1, -0.05) is 34.0 Å². The van der Waals surface area contributed by atoms with Gasteiger partial charge in [0.05, 0.1) is 0 Å². The number of nitrogens with zero attached hydrogens (tertiary/aromatic N) is 1. The monoisotopic (exact) mass is 330 g/mol. The average Bonchev–Trinajstić information content (AvgIpc) is 2.36. The fraction of sp³-hybridized carbons (Fsp3) is 0.571. The molecule has 0 spiro atoms. The van der Waals surface area contributed by atoms with Crippen LogP contribution in [0.4, 0.5) is 0 Å². The molecule has 1 unspecified atom stereocenters. The van der Waals surface area contributed by atoms with Crippen LogP contribution < -0.4 is 5.32 Å². The molecule has 1 fully saturated rings. The van der Waals surface area contributed by atoms with Crippen LogP contribution in [0.1, 0.15) is 24.8 Å². The van der Waals surface area contributed by atoms with Crippen molar-refractivity contribution in [3.63, 3.8) is 0 Å². The van der Waals surface area contributed by atoms with Crippen LogP contribution in [-0.4, -0.2) is 31.1 Å². The Hall–Kier alpha value is -0.0900. The molecule has 4 heteroatoms. The van der Waals surface area contributed by atoms with Gasteiger partial charge in [0.1, 0.15) is 0 Å². The topological polar surface area (TPSA) is 15.3 Å². The number of likely N-dealkylation sites (N-methyl/N-ethyl adjacent to an activating group) is 1. The molecule has 1 aromatic carbocycles. The Morgan fingerprint density at radius 3 is 3.06 bits per heavy atom. The molecule has 0 amide bonds. The lowest BCUT2D eigenvalue weighted by molar-refractivity contribution is 0.139. The Labute approximate surface area is 123 Å². The maximum atomic E-state index is 6.08. The van der Waals surface area contributed by atoms with E-state index < -0.39 is 0 Å². The van der Waals surface area contributed by atoms with Gasteiger partial charge in [-0.05, 0) is 50.2 Å². The normalized spacial score (nSPS) is 21.2. The Morgan fingerprint density at radius 2 is 2.28 bits per heavy atom. The van der Waals surface area contributed by atoms with Crippen molar-refractivity contribution >= 4 is 27.5 Å². The molecular formula is C14H20BrClN2. The number of likely N-dealkylation sites (tertiary alicyclic amines) is 1. The van der Waals surface area contributed by atoms with E-state index >= 15 is 0 Å². The van der Waals surface area contributed by atoms with Gasteiger partial charge in [-0.2, -0.15) is 0 Å². The van der Waals surface area contributed by atoms with Gasteiger partial charge in [0.25, 0.3) is 0 Å². The van der Waals surface area contributed by atoms with Gasteiger partial charge in [-0.15, -0.1) is 0 Å².